The molecule has 0 spiro atoms. The lowest BCUT2D eigenvalue weighted by atomic mass is 10.1. The van der Waals surface area contributed by atoms with Gasteiger partial charge in [0, 0.05) is 5.56 Å². The second kappa shape index (κ2) is 3.96. The Morgan fingerprint density at radius 3 is 2.67 bits per heavy atom. The van der Waals surface area contributed by atoms with Crippen LogP contribution in [0.1, 0.15) is 23.4 Å². The normalized spacial score (nSPS) is 10.1. The first-order valence-corrected chi connectivity index (χ1v) is 3.81. The third-order valence-electron chi connectivity index (χ3n) is 1.72. The third-order valence-corrected chi connectivity index (χ3v) is 1.72. The molecule has 5 nitrogen and oxygen atoms in total. The van der Waals surface area contributed by atoms with Gasteiger partial charge >= 0.3 is 5.69 Å². The van der Waals surface area contributed by atoms with Crippen molar-refractivity contribution >= 4 is 5.69 Å². The van der Waals surface area contributed by atoms with Crippen LogP contribution >= 0.6 is 0 Å². The molecule has 0 saturated carbocycles. The lowest BCUT2D eigenvalue weighted by Gasteiger charge is -2.02. The van der Waals surface area contributed by atoms with Gasteiger partial charge in [-0.3, -0.25) is 10.1 Å². The topological polar surface area (TPSA) is 79.8 Å². The predicted octanol–water partition coefficient (Wildman–Crippen LogP) is 2.11. The number of aryl methyl sites for hydroxylation is 1. The molecule has 0 bridgehead atoms. The molecule has 0 aromatic carbocycles. The van der Waals surface area contributed by atoms with Gasteiger partial charge in [-0.25, -0.2) is 13.8 Å². The quantitative estimate of drug-likeness (QED) is 0.556. The number of hydrogen-bond acceptors (Lipinski definition) is 4. The summed E-state index contributed by atoms with van der Waals surface area (Å²) in [6.07, 6.45) is -2.85. The fourth-order valence-corrected chi connectivity index (χ4v) is 1.11. The van der Waals surface area contributed by atoms with Crippen molar-refractivity contribution in [2.45, 2.75) is 13.3 Å². The van der Waals surface area contributed by atoms with E-state index in [9.17, 15) is 18.9 Å². The molecule has 0 N–H and O–H groups in total. The minimum Gasteiger partial charge on any atom is -0.258 e. The molecule has 15 heavy (non-hydrogen) atoms. The van der Waals surface area contributed by atoms with Gasteiger partial charge in [-0.1, -0.05) is 0 Å². The number of nitriles is 1. The zero-order valence-corrected chi connectivity index (χ0v) is 7.57. The zero-order chi connectivity index (χ0) is 11.6. The summed E-state index contributed by atoms with van der Waals surface area (Å²) >= 11 is 0. The summed E-state index contributed by atoms with van der Waals surface area (Å²) in [7, 11) is 0. The van der Waals surface area contributed by atoms with Gasteiger partial charge in [-0.05, 0) is 13.0 Å². The SMILES string of the molecule is Cc1cc(C(F)F)nc(C#N)c1[N+](=O)[O-]. The molecular weight excluding hydrogens is 208 g/mol. The predicted molar refractivity (Wildman–Crippen MR) is 45.3 cm³/mol. The van der Waals surface area contributed by atoms with E-state index in [0.29, 0.717) is 0 Å². The molecule has 0 aliphatic heterocycles. The number of halogens is 2. The van der Waals surface area contributed by atoms with Gasteiger partial charge in [0.1, 0.15) is 11.8 Å². The average molecular weight is 213 g/mol. The van der Waals surface area contributed by atoms with Crippen LogP contribution in [0.3, 0.4) is 0 Å². The van der Waals surface area contributed by atoms with Crippen molar-refractivity contribution in [2.24, 2.45) is 0 Å². The summed E-state index contributed by atoms with van der Waals surface area (Å²) in [6.45, 7) is 1.28. The van der Waals surface area contributed by atoms with Crippen molar-refractivity contribution in [3.05, 3.63) is 33.1 Å². The highest BCUT2D eigenvalue weighted by Gasteiger charge is 2.22. The van der Waals surface area contributed by atoms with Crippen LogP contribution < -0.4 is 0 Å². The Hall–Kier alpha value is -2.10. The number of aromatic nitrogens is 1. The van der Waals surface area contributed by atoms with E-state index in [1.807, 2.05) is 0 Å². The summed E-state index contributed by atoms with van der Waals surface area (Å²) in [5.41, 5.74) is -1.74. The summed E-state index contributed by atoms with van der Waals surface area (Å²) in [5.74, 6) is 0. The smallest absolute Gasteiger partial charge is 0.258 e. The summed E-state index contributed by atoms with van der Waals surface area (Å²) in [5, 5.41) is 19.0. The molecule has 7 heteroatoms. The number of alkyl halides is 2. The molecule has 0 aliphatic rings. The minimum absolute atomic E-state index is 0.00171. The molecule has 0 aliphatic carbocycles. The van der Waals surface area contributed by atoms with Crippen LogP contribution in [0.25, 0.3) is 0 Å². The largest absolute Gasteiger partial charge is 0.308 e. The lowest BCUT2D eigenvalue weighted by molar-refractivity contribution is -0.386. The van der Waals surface area contributed by atoms with Crippen LogP contribution in [0.15, 0.2) is 6.07 Å². The van der Waals surface area contributed by atoms with Gasteiger partial charge in [-0.2, -0.15) is 5.26 Å². The maximum absolute atomic E-state index is 12.3. The number of hydrogen-bond donors (Lipinski definition) is 0. The van der Waals surface area contributed by atoms with Crippen molar-refractivity contribution in [2.75, 3.05) is 0 Å². The van der Waals surface area contributed by atoms with E-state index in [0.717, 1.165) is 6.07 Å². The van der Waals surface area contributed by atoms with Gasteiger partial charge in [0.15, 0.2) is 0 Å². The van der Waals surface area contributed by atoms with Gasteiger partial charge in [-0.15, -0.1) is 0 Å². The van der Waals surface area contributed by atoms with Crippen molar-refractivity contribution in [3.8, 4) is 6.07 Å². The summed E-state index contributed by atoms with van der Waals surface area (Å²) < 4.78 is 24.5. The van der Waals surface area contributed by atoms with Crippen molar-refractivity contribution < 1.29 is 13.7 Å². The standard InChI is InChI=1S/C8H5F2N3O2/c1-4-2-5(8(9)10)12-6(3-11)7(4)13(14)15/h2,8H,1H3. The Labute approximate surface area is 83.1 Å². The molecular formula is C8H5F2N3O2. The van der Waals surface area contributed by atoms with E-state index >= 15 is 0 Å². The second-order valence-electron chi connectivity index (χ2n) is 2.73. The molecule has 0 radical (unpaired) electrons. The monoisotopic (exact) mass is 213 g/mol. The van der Waals surface area contributed by atoms with Gasteiger partial charge in [0.25, 0.3) is 6.43 Å². The van der Waals surface area contributed by atoms with Crippen molar-refractivity contribution in [1.29, 1.82) is 5.26 Å². The molecule has 0 amide bonds. The van der Waals surface area contributed by atoms with Crippen molar-refractivity contribution in [1.82, 2.24) is 4.98 Å². The van der Waals surface area contributed by atoms with Gasteiger partial charge < -0.3 is 0 Å². The Morgan fingerprint density at radius 2 is 2.27 bits per heavy atom. The van der Waals surface area contributed by atoms with Gasteiger partial charge in [0.2, 0.25) is 5.69 Å². The Kier molecular flexibility index (Phi) is 2.90. The maximum Gasteiger partial charge on any atom is 0.308 e. The Balaban J connectivity index is 3.46. The van der Waals surface area contributed by atoms with Crippen LogP contribution in [-0.4, -0.2) is 9.91 Å². The highest BCUT2D eigenvalue weighted by atomic mass is 19.3. The fraction of sp³-hybridized carbons (Fsp3) is 0.250. The van der Waals surface area contributed by atoms with E-state index in [1.165, 1.54) is 13.0 Å². The second-order valence-corrected chi connectivity index (χ2v) is 2.73. The molecule has 1 aromatic rings. The third kappa shape index (κ3) is 2.04. The Bertz CT molecular complexity index is 454. The van der Waals surface area contributed by atoms with Crippen LogP contribution in [0.5, 0.6) is 0 Å². The molecule has 0 fully saturated rings. The van der Waals surface area contributed by atoms with Gasteiger partial charge in [0.05, 0.1) is 4.92 Å². The fourth-order valence-electron chi connectivity index (χ4n) is 1.11. The zero-order valence-electron chi connectivity index (χ0n) is 7.57. The number of nitro groups is 1. The molecule has 1 aromatic heterocycles. The molecule has 0 unspecified atom stereocenters. The van der Waals surface area contributed by atoms with Crippen LogP contribution in [0.4, 0.5) is 14.5 Å². The summed E-state index contributed by atoms with van der Waals surface area (Å²) in [6, 6.07) is 2.33. The first-order valence-electron chi connectivity index (χ1n) is 3.81. The molecule has 78 valence electrons. The molecule has 0 atom stereocenters. The first kappa shape index (κ1) is 11.0. The molecule has 1 rings (SSSR count). The van der Waals surface area contributed by atoms with Crippen molar-refractivity contribution in [3.63, 3.8) is 0 Å². The number of rotatable bonds is 2. The minimum atomic E-state index is -2.85. The number of pyridine rings is 1. The van der Waals surface area contributed by atoms with E-state index < -0.39 is 28.4 Å². The highest BCUT2D eigenvalue weighted by molar-refractivity contribution is 5.50. The lowest BCUT2D eigenvalue weighted by Crippen LogP contribution is -2.02. The van der Waals surface area contributed by atoms with E-state index in [-0.39, 0.29) is 5.56 Å². The number of nitrogens with zero attached hydrogens (tertiary/aromatic N) is 3. The maximum atomic E-state index is 12.3. The summed E-state index contributed by atoms with van der Waals surface area (Å²) in [4.78, 5) is 12.9. The average Bonchev–Trinajstić information content (AvgIpc) is 2.15. The molecule has 0 saturated heterocycles. The Morgan fingerprint density at radius 1 is 1.67 bits per heavy atom. The van der Waals surface area contributed by atoms with Crippen LogP contribution in [0, 0.1) is 28.4 Å². The van der Waals surface area contributed by atoms with E-state index in [2.05, 4.69) is 4.98 Å². The first-order chi connectivity index (χ1) is 6.97. The highest BCUT2D eigenvalue weighted by Crippen LogP contribution is 2.26. The van der Waals surface area contributed by atoms with E-state index in [1.54, 1.807) is 0 Å². The van der Waals surface area contributed by atoms with Crippen LogP contribution in [0.2, 0.25) is 0 Å². The van der Waals surface area contributed by atoms with Crippen LogP contribution in [-0.2, 0) is 0 Å². The van der Waals surface area contributed by atoms with E-state index in [4.69, 9.17) is 5.26 Å². The molecule has 1 heterocycles.